The summed E-state index contributed by atoms with van der Waals surface area (Å²) in [4.78, 5) is 14.6. The van der Waals surface area contributed by atoms with Crippen LogP contribution < -0.4 is 9.47 Å². The quantitative estimate of drug-likeness (QED) is 0.795. The topological polar surface area (TPSA) is 38.8 Å². The van der Waals surface area contributed by atoms with Gasteiger partial charge in [0.1, 0.15) is 13.2 Å². The Labute approximate surface area is 127 Å². The number of amides is 1. The van der Waals surface area contributed by atoms with Gasteiger partial charge in [-0.25, -0.2) is 0 Å². The Bertz CT molecular complexity index is 506. The van der Waals surface area contributed by atoms with E-state index in [9.17, 15) is 4.79 Å². The summed E-state index contributed by atoms with van der Waals surface area (Å²) < 4.78 is 11.2. The number of ether oxygens (including phenoxy) is 2. The van der Waals surface area contributed by atoms with E-state index in [1.807, 2.05) is 23.1 Å². The molecule has 0 N–H and O–H groups in total. The van der Waals surface area contributed by atoms with Crippen molar-refractivity contribution in [3.8, 4) is 11.5 Å². The van der Waals surface area contributed by atoms with Crippen LogP contribution in [0.5, 0.6) is 11.5 Å². The maximum absolute atomic E-state index is 12.6. The molecule has 1 fully saturated rings. The van der Waals surface area contributed by atoms with Gasteiger partial charge in [-0.05, 0) is 30.9 Å². The summed E-state index contributed by atoms with van der Waals surface area (Å²) in [6, 6.07) is 5.53. The number of rotatable bonds is 3. The Hall–Kier alpha value is -1.23. The third-order valence-electron chi connectivity index (χ3n) is 3.89. The number of halogens is 1. The fraction of sp³-hybridized carbons (Fsp3) is 0.533. The molecule has 1 amide bonds. The molecule has 1 aromatic carbocycles. The van der Waals surface area contributed by atoms with Gasteiger partial charge in [0.2, 0.25) is 0 Å². The van der Waals surface area contributed by atoms with E-state index in [-0.39, 0.29) is 5.91 Å². The normalized spacial score (nSPS) is 21.1. The van der Waals surface area contributed by atoms with E-state index in [1.165, 1.54) is 0 Å². The van der Waals surface area contributed by atoms with Crippen LogP contribution in [0.4, 0.5) is 0 Å². The van der Waals surface area contributed by atoms with Crippen LogP contribution in [0.3, 0.4) is 0 Å². The number of hydrogen-bond donors (Lipinski definition) is 0. The second kappa shape index (κ2) is 6.04. The van der Waals surface area contributed by atoms with Gasteiger partial charge in [0.25, 0.3) is 5.91 Å². The van der Waals surface area contributed by atoms with Gasteiger partial charge >= 0.3 is 0 Å². The van der Waals surface area contributed by atoms with Crippen molar-refractivity contribution in [3.63, 3.8) is 0 Å². The molecule has 108 valence electrons. The molecule has 5 heteroatoms. The van der Waals surface area contributed by atoms with E-state index in [0.29, 0.717) is 36.2 Å². The zero-order chi connectivity index (χ0) is 13.9. The van der Waals surface area contributed by atoms with Gasteiger partial charge in [-0.1, -0.05) is 22.0 Å². The van der Waals surface area contributed by atoms with Crippen molar-refractivity contribution in [3.05, 3.63) is 23.8 Å². The average molecular weight is 340 g/mol. The molecule has 20 heavy (non-hydrogen) atoms. The number of carbonyl (C=O) groups is 1. The monoisotopic (exact) mass is 339 g/mol. The van der Waals surface area contributed by atoms with Crippen molar-refractivity contribution in [1.29, 1.82) is 0 Å². The van der Waals surface area contributed by atoms with Crippen LogP contribution in [-0.2, 0) is 0 Å². The summed E-state index contributed by atoms with van der Waals surface area (Å²) in [5, 5.41) is 0.997. The largest absolute Gasteiger partial charge is 0.486 e. The molecule has 3 rings (SSSR count). The van der Waals surface area contributed by atoms with Crippen LogP contribution in [-0.4, -0.2) is 42.4 Å². The van der Waals surface area contributed by atoms with Crippen molar-refractivity contribution in [2.45, 2.75) is 12.8 Å². The molecule has 1 saturated heterocycles. The molecule has 4 nitrogen and oxygen atoms in total. The number of fused-ring (bicyclic) bond motifs is 1. The van der Waals surface area contributed by atoms with Crippen LogP contribution in [0.2, 0.25) is 0 Å². The van der Waals surface area contributed by atoms with Gasteiger partial charge in [0, 0.05) is 18.4 Å². The molecule has 2 aliphatic heterocycles. The predicted molar refractivity (Wildman–Crippen MR) is 79.9 cm³/mol. The van der Waals surface area contributed by atoms with E-state index in [2.05, 4.69) is 15.9 Å². The summed E-state index contributed by atoms with van der Waals surface area (Å²) >= 11 is 3.47. The van der Waals surface area contributed by atoms with E-state index in [0.717, 1.165) is 31.3 Å². The molecule has 1 unspecified atom stereocenters. The molecule has 2 heterocycles. The van der Waals surface area contributed by atoms with Crippen LogP contribution in [0, 0.1) is 5.92 Å². The third-order valence-corrected chi connectivity index (χ3v) is 4.34. The lowest BCUT2D eigenvalue weighted by Gasteiger charge is -2.23. The minimum absolute atomic E-state index is 0.0597. The zero-order valence-electron chi connectivity index (χ0n) is 11.3. The standard InChI is InChI=1S/C15H18BrNO3/c16-6-4-11-5-7-17(10-11)15(18)12-2-1-3-13-14(12)20-9-8-19-13/h1-3,11H,4-10H2. The number of likely N-dealkylation sites (tertiary alicyclic amines) is 1. The highest BCUT2D eigenvalue weighted by Crippen LogP contribution is 2.35. The fourth-order valence-corrected chi connectivity index (χ4v) is 3.47. The molecule has 1 aromatic rings. The van der Waals surface area contributed by atoms with Crippen LogP contribution in [0.25, 0.3) is 0 Å². The van der Waals surface area contributed by atoms with Crippen LogP contribution >= 0.6 is 15.9 Å². The second-order valence-corrected chi connectivity index (χ2v) is 6.01. The summed E-state index contributed by atoms with van der Waals surface area (Å²) in [6.07, 6.45) is 2.21. The first kappa shape index (κ1) is 13.7. The zero-order valence-corrected chi connectivity index (χ0v) is 12.9. The molecule has 0 saturated carbocycles. The predicted octanol–water partition coefficient (Wildman–Crippen LogP) is 2.70. The van der Waals surface area contributed by atoms with Gasteiger partial charge in [-0.2, -0.15) is 0 Å². The minimum Gasteiger partial charge on any atom is -0.486 e. The van der Waals surface area contributed by atoms with Gasteiger partial charge < -0.3 is 14.4 Å². The van der Waals surface area contributed by atoms with Gasteiger partial charge in [0.15, 0.2) is 11.5 Å². The Balaban J connectivity index is 1.78. The minimum atomic E-state index is 0.0597. The lowest BCUT2D eigenvalue weighted by Crippen LogP contribution is -2.30. The highest BCUT2D eigenvalue weighted by Gasteiger charge is 2.29. The summed E-state index contributed by atoms with van der Waals surface area (Å²) in [5.74, 6) is 1.95. The van der Waals surface area contributed by atoms with Gasteiger partial charge in [0.05, 0.1) is 5.56 Å². The summed E-state index contributed by atoms with van der Waals surface area (Å²) in [7, 11) is 0. The first-order chi connectivity index (χ1) is 9.79. The first-order valence-electron chi connectivity index (χ1n) is 7.03. The smallest absolute Gasteiger partial charge is 0.257 e. The molecule has 0 spiro atoms. The molecule has 0 aromatic heterocycles. The Morgan fingerprint density at radius 2 is 2.20 bits per heavy atom. The SMILES string of the molecule is O=C(c1cccc2c1OCCO2)N1CCC(CCBr)C1. The van der Waals surface area contributed by atoms with Crippen molar-refractivity contribution in [2.75, 3.05) is 31.6 Å². The molecular weight excluding hydrogens is 322 g/mol. The number of benzene rings is 1. The van der Waals surface area contributed by atoms with Gasteiger partial charge in [-0.15, -0.1) is 0 Å². The number of nitrogens with zero attached hydrogens (tertiary/aromatic N) is 1. The molecule has 2 aliphatic rings. The third kappa shape index (κ3) is 2.64. The molecule has 0 bridgehead atoms. The first-order valence-corrected chi connectivity index (χ1v) is 8.15. The Morgan fingerprint density at radius 3 is 3.05 bits per heavy atom. The van der Waals surface area contributed by atoms with E-state index >= 15 is 0 Å². The molecule has 0 radical (unpaired) electrons. The highest BCUT2D eigenvalue weighted by molar-refractivity contribution is 9.09. The maximum atomic E-state index is 12.6. The van der Waals surface area contributed by atoms with E-state index in [4.69, 9.17) is 9.47 Å². The van der Waals surface area contributed by atoms with Crippen molar-refractivity contribution in [2.24, 2.45) is 5.92 Å². The Kier molecular flexibility index (Phi) is 4.15. The van der Waals surface area contributed by atoms with Crippen LogP contribution in [0.1, 0.15) is 23.2 Å². The van der Waals surface area contributed by atoms with Gasteiger partial charge in [-0.3, -0.25) is 4.79 Å². The van der Waals surface area contributed by atoms with Crippen molar-refractivity contribution < 1.29 is 14.3 Å². The van der Waals surface area contributed by atoms with E-state index in [1.54, 1.807) is 0 Å². The van der Waals surface area contributed by atoms with Crippen molar-refractivity contribution in [1.82, 2.24) is 4.90 Å². The summed E-state index contributed by atoms with van der Waals surface area (Å²) in [6.45, 7) is 2.72. The number of hydrogen-bond acceptors (Lipinski definition) is 3. The lowest BCUT2D eigenvalue weighted by molar-refractivity contribution is 0.0776. The molecular formula is C15H18BrNO3. The van der Waals surface area contributed by atoms with Crippen molar-refractivity contribution >= 4 is 21.8 Å². The lowest BCUT2D eigenvalue weighted by atomic mass is 10.1. The van der Waals surface area contributed by atoms with Crippen LogP contribution in [0.15, 0.2) is 18.2 Å². The molecule has 0 aliphatic carbocycles. The highest BCUT2D eigenvalue weighted by atomic mass is 79.9. The maximum Gasteiger partial charge on any atom is 0.257 e. The second-order valence-electron chi connectivity index (χ2n) is 5.21. The fourth-order valence-electron chi connectivity index (χ4n) is 2.82. The number of carbonyl (C=O) groups excluding carboxylic acids is 1. The number of para-hydroxylation sites is 1. The average Bonchev–Trinajstić information content (AvgIpc) is 2.95. The Morgan fingerprint density at radius 1 is 1.35 bits per heavy atom. The van der Waals surface area contributed by atoms with E-state index < -0.39 is 0 Å². The molecule has 1 atom stereocenters. The summed E-state index contributed by atoms with van der Waals surface area (Å²) in [5.41, 5.74) is 0.627. The number of alkyl halides is 1.